The summed E-state index contributed by atoms with van der Waals surface area (Å²) in [4.78, 5) is 24.8. The first-order valence-electron chi connectivity index (χ1n) is 8.77. The van der Waals surface area contributed by atoms with E-state index in [2.05, 4.69) is 4.74 Å². The average Bonchev–Trinajstić information content (AvgIpc) is 2.70. The van der Waals surface area contributed by atoms with Crippen LogP contribution in [0.3, 0.4) is 0 Å². The topological polar surface area (TPSA) is 82.1 Å². The number of thioether (sulfide) groups is 1. The van der Waals surface area contributed by atoms with Crippen LogP contribution in [0.1, 0.15) is 32.1 Å². The molecule has 0 radical (unpaired) electrons. The number of benzene rings is 1. The summed E-state index contributed by atoms with van der Waals surface area (Å²) in [5.41, 5.74) is -0.374. The van der Waals surface area contributed by atoms with E-state index in [0.717, 1.165) is 37.7 Å². The second kappa shape index (κ2) is 10.5. The van der Waals surface area contributed by atoms with Gasteiger partial charge in [0.25, 0.3) is 0 Å². The Labute approximate surface area is 158 Å². The van der Waals surface area contributed by atoms with Gasteiger partial charge in [0.1, 0.15) is 5.44 Å². The highest BCUT2D eigenvalue weighted by molar-refractivity contribution is 7.99. The summed E-state index contributed by atoms with van der Waals surface area (Å²) in [6.45, 7) is 0. The Morgan fingerprint density at radius 2 is 1.65 bits per heavy atom. The van der Waals surface area contributed by atoms with E-state index < -0.39 is 24.1 Å². The van der Waals surface area contributed by atoms with Crippen molar-refractivity contribution in [2.45, 2.75) is 54.6 Å². The van der Waals surface area contributed by atoms with Gasteiger partial charge in [-0.25, -0.2) is 9.59 Å². The molecule has 2 rings (SSSR count). The lowest BCUT2D eigenvalue weighted by atomic mass is 9.90. The number of ether oxygens (including phenoxy) is 3. The number of carbonyl (C=O) groups excluding carboxylic acids is 2. The van der Waals surface area contributed by atoms with Crippen LogP contribution in [0.25, 0.3) is 0 Å². The summed E-state index contributed by atoms with van der Waals surface area (Å²) in [6, 6.07) is 9.73. The summed E-state index contributed by atoms with van der Waals surface area (Å²) < 4.78 is 15.2. The van der Waals surface area contributed by atoms with Crippen molar-refractivity contribution in [1.29, 1.82) is 0 Å². The van der Waals surface area contributed by atoms with E-state index >= 15 is 0 Å². The van der Waals surface area contributed by atoms with Gasteiger partial charge < -0.3 is 19.3 Å². The molecule has 144 valence electrons. The maximum Gasteiger partial charge on any atom is 0.338 e. The van der Waals surface area contributed by atoms with E-state index in [0.29, 0.717) is 0 Å². The smallest absolute Gasteiger partial charge is 0.338 e. The van der Waals surface area contributed by atoms with Crippen LogP contribution < -0.4 is 0 Å². The molecule has 0 saturated heterocycles. The summed E-state index contributed by atoms with van der Waals surface area (Å²) in [5, 5.41) is 10.2. The SMILES string of the molecule is COC(=O)[C@H](O)[C@@H](O[C@H](Sc1ccccc1)C1CCCCC1)C(=O)OC. The first-order chi connectivity index (χ1) is 12.6. The molecule has 1 N–H and O–H groups in total. The highest BCUT2D eigenvalue weighted by atomic mass is 32.2. The Kier molecular flexibility index (Phi) is 8.41. The molecule has 0 aliphatic heterocycles. The van der Waals surface area contributed by atoms with Crippen molar-refractivity contribution >= 4 is 23.7 Å². The number of aliphatic hydroxyl groups is 1. The quantitative estimate of drug-likeness (QED) is 0.420. The summed E-state index contributed by atoms with van der Waals surface area (Å²) in [7, 11) is 2.35. The van der Waals surface area contributed by atoms with Gasteiger partial charge in [-0.05, 0) is 30.9 Å². The van der Waals surface area contributed by atoms with Crippen LogP contribution in [-0.4, -0.2) is 48.9 Å². The van der Waals surface area contributed by atoms with E-state index in [1.807, 2.05) is 30.3 Å². The zero-order chi connectivity index (χ0) is 18.9. The number of hydrogen-bond acceptors (Lipinski definition) is 7. The minimum atomic E-state index is -1.73. The maximum atomic E-state index is 12.1. The number of methoxy groups -OCH3 is 2. The molecular weight excluding hydrogens is 356 g/mol. The molecule has 3 atom stereocenters. The second-order valence-electron chi connectivity index (χ2n) is 6.25. The lowest BCUT2D eigenvalue weighted by molar-refractivity contribution is -0.178. The van der Waals surface area contributed by atoms with E-state index in [-0.39, 0.29) is 11.4 Å². The standard InChI is InChI=1S/C19H26O6S/c1-23-17(21)15(20)16(18(22)24-2)25-19(13-9-5-3-6-10-13)26-14-11-7-4-8-12-14/h4,7-8,11-13,15-16,19-20H,3,5-6,9-10H2,1-2H3/t15-,16-,19-/m1/s1. The summed E-state index contributed by atoms with van der Waals surface area (Å²) >= 11 is 1.49. The molecule has 7 heteroatoms. The van der Waals surface area contributed by atoms with Crippen LogP contribution in [-0.2, 0) is 23.8 Å². The van der Waals surface area contributed by atoms with Gasteiger partial charge >= 0.3 is 11.9 Å². The minimum Gasteiger partial charge on any atom is -0.467 e. The number of rotatable bonds is 8. The van der Waals surface area contributed by atoms with E-state index in [1.165, 1.54) is 25.3 Å². The summed E-state index contributed by atoms with van der Waals surface area (Å²) in [6.07, 6.45) is 2.19. The lowest BCUT2D eigenvalue weighted by Gasteiger charge is -2.32. The predicted octanol–water partition coefficient (Wildman–Crippen LogP) is 2.78. The fourth-order valence-electron chi connectivity index (χ4n) is 3.04. The normalized spacial score (nSPS) is 18.6. The molecule has 0 spiro atoms. The Bertz CT molecular complexity index is 573. The van der Waals surface area contributed by atoms with Gasteiger partial charge in [-0.2, -0.15) is 0 Å². The molecule has 0 heterocycles. The van der Waals surface area contributed by atoms with Crippen LogP contribution in [0.5, 0.6) is 0 Å². The molecule has 6 nitrogen and oxygen atoms in total. The molecule has 0 bridgehead atoms. The summed E-state index contributed by atoms with van der Waals surface area (Å²) in [5.74, 6) is -1.49. The lowest BCUT2D eigenvalue weighted by Crippen LogP contribution is -2.45. The molecule has 26 heavy (non-hydrogen) atoms. The largest absolute Gasteiger partial charge is 0.467 e. The van der Waals surface area contributed by atoms with Crippen molar-refractivity contribution in [3.8, 4) is 0 Å². The van der Waals surface area contributed by atoms with E-state index in [1.54, 1.807) is 0 Å². The molecular formula is C19H26O6S. The zero-order valence-electron chi connectivity index (χ0n) is 15.1. The molecule has 1 saturated carbocycles. The minimum absolute atomic E-state index is 0.228. The highest BCUT2D eigenvalue weighted by Gasteiger charge is 2.39. The third-order valence-corrected chi connectivity index (χ3v) is 5.75. The Hall–Kier alpha value is -1.57. The van der Waals surface area contributed by atoms with Crippen molar-refractivity contribution < 1.29 is 28.9 Å². The monoisotopic (exact) mass is 382 g/mol. The molecule has 0 aromatic heterocycles. The molecule has 1 aliphatic carbocycles. The average molecular weight is 382 g/mol. The fraction of sp³-hybridized carbons (Fsp3) is 0.579. The van der Waals surface area contributed by atoms with Crippen LogP contribution in [0.15, 0.2) is 35.2 Å². The Balaban J connectivity index is 2.20. The first kappa shape index (κ1) is 20.7. The van der Waals surface area contributed by atoms with Gasteiger partial charge in [0, 0.05) is 4.90 Å². The van der Waals surface area contributed by atoms with Gasteiger partial charge in [-0.15, -0.1) is 0 Å². The number of aliphatic hydroxyl groups excluding tert-OH is 1. The van der Waals surface area contributed by atoms with Gasteiger partial charge in [-0.3, -0.25) is 0 Å². The molecule has 1 aromatic carbocycles. The molecule has 0 amide bonds. The van der Waals surface area contributed by atoms with Crippen molar-refractivity contribution in [2.24, 2.45) is 5.92 Å². The number of esters is 2. The number of carbonyl (C=O) groups is 2. The third-order valence-electron chi connectivity index (χ3n) is 4.47. The first-order valence-corrected chi connectivity index (χ1v) is 9.65. The fourth-order valence-corrected chi connectivity index (χ4v) is 4.26. The van der Waals surface area contributed by atoms with Crippen molar-refractivity contribution in [1.82, 2.24) is 0 Å². The Morgan fingerprint density at radius 1 is 1.04 bits per heavy atom. The molecule has 0 unspecified atom stereocenters. The maximum absolute atomic E-state index is 12.1. The number of hydrogen-bond donors (Lipinski definition) is 1. The van der Waals surface area contributed by atoms with Crippen molar-refractivity contribution in [2.75, 3.05) is 14.2 Å². The molecule has 1 fully saturated rings. The van der Waals surface area contributed by atoms with Gasteiger partial charge in [0.05, 0.1) is 14.2 Å². The van der Waals surface area contributed by atoms with E-state index in [9.17, 15) is 14.7 Å². The predicted molar refractivity (Wildman–Crippen MR) is 97.6 cm³/mol. The van der Waals surface area contributed by atoms with Crippen molar-refractivity contribution in [3.05, 3.63) is 30.3 Å². The van der Waals surface area contributed by atoms with Crippen LogP contribution in [0, 0.1) is 5.92 Å². The van der Waals surface area contributed by atoms with Gasteiger partial charge in [0.2, 0.25) is 0 Å². The van der Waals surface area contributed by atoms with Crippen LogP contribution in [0.4, 0.5) is 0 Å². The second-order valence-corrected chi connectivity index (χ2v) is 7.42. The van der Waals surface area contributed by atoms with Crippen LogP contribution >= 0.6 is 11.8 Å². The Morgan fingerprint density at radius 3 is 2.23 bits per heavy atom. The third kappa shape index (κ3) is 5.72. The van der Waals surface area contributed by atoms with Gasteiger partial charge in [0.15, 0.2) is 12.2 Å². The van der Waals surface area contributed by atoms with Crippen molar-refractivity contribution in [3.63, 3.8) is 0 Å². The molecule has 1 aromatic rings. The van der Waals surface area contributed by atoms with Crippen LogP contribution in [0.2, 0.25) is 0 Å². The highest BCUT2D eigenvalue weighted by Crippen LogP contribution is 2.37. The van der Waals surface area contributed by atoms with Gasteiger partial charge in [-0.1, -0.05) is 49.2 Å². The molecule has 1 aliphatic rings. The zero-order valence-corrected chi connectivity index (χ0v) is 15.9. The van der Waals surface area contributed by atoms with E-state index in [4.69, 9.17) is 9.47 Å².